The number of aromatic amines is 1. The van der Waals surface area contributed by atoms with Gasteiger partial charge in [-0.2, -0.15) is 9.40 Å². The van der Waals surface area contributed by atoms with E-state index in [0.29, 0.717) is 30.0 Å². The molecule has 2 aromatic carbocycles. The van der Waals surface area contributed by atoms with Crippen LogP contribution < -0.4 is 10.2 Å². The molecule has 0 atom stereocenters. The van der Waals surface area contributed by atoms with Crippen LogP contribution in [0.25, 0.3) is 0 Å². The molecule has 0 spiro atoms. The first kappa shape index (κ1) is 23.9. The molecule has 2 aliphatic heterocycles. The zero-order chi connectivity index (χ0) is 25.4. The average Bonchev–Trinajstić information content (AvgIpc) is 3.47. The van der Waals surface area contributed by atoms with E-state index in [0.717, 1.165) is 13.1 Å². The van der Waals surface area contributed by atoms with Crippen molar-refractivity contribution in [2.24, 2.45) is 0 Å². The van der Waals surface area contributed by atoms with Gasteiger partial charge in [-0.1, -0.05) is 18.2 Å². The van der Waals surface area contributed by atoms with Gasteiger partial charge in [0.15, 0.2) is 5.82 Å². The molecule has 36 heavy (non-hydrogen) atoms. The lowest BCUT2D eigenvalue weighted by atomic mass is 10.1. The standard InChI is InChI=1S/C23H25N7O5S/c1-27-9-11-28(12-10-27)20-8-7-16(13-21(20)30(32)33)23(31)24-22-18-14-29(15-19(18)25-26-22)36(34,35)17-5-3-2-4-6-17/h2-8,13H,9-12,14-15H2,1H3,(H2,24,25,26,31). The number of carbonyl (C=O) groups is 1. The second-order valence-corrected chi connectivity index (χ2v) is 10.8. The molecule has 188 valence electrons. The van der Waals surface area contributed by atoms with E-state index in [9.17, 15) is 23.3 Å². The first-order valence-electron chi connectivity index (χ1n) is 11.4. The van der Waals surface area contributed by atoms with Crippen LogP contribution in [0.15, 0.2) is 53.4 Å². The lowest BCUT2D eigenvalue weighted by molar-refractivity contribution is -0.384. The summed E-state index contributed by atoms with van der Waals surface area (Å²) in [5, 5.41) is 21.4. The number of fused-ring (bicyclic) bond motifs is 1. The van der Waals surface area contributed by atoms with Crippen molar-refractivity contribution >= 4 is 33.1 Å². The fraction of sp³-hybridized carbons (Fsp3) is 0.304. The molecule has 0 bridgehead atoms. The number of amides is 1. The molecule has 0 radical (unpaired) electrons. The fourth-order valence-corrected chi connectivity index (χ4v) is 5.83. The van der Waals surface area contributed by atoms with Crippen molar-refractivity contribution in [3.63, 3.8) is 0 Å². The third kappa shape index (κ3) is 4.43. The van der Waals surface area contributed by atoms with Gasteiger partial charge in [0, 0.05) is 49.9 Å². The minimum atomic E-state index is -3.72. The smallest absolute Gasteiger partial charge is 0.293 e. The normalized spacial score (nSPS) is 16.6. The Balaban J connectivity index is 1.34. The van der Waals surface area contributed by atoms with Crippen LogP contribution in [0.4, 0.5) is 17.2 Å². The van der Waals surface area contributed by atoms with Gasteiger partial charge < -0.3 is 15.1 Å². The van der Waals surface area contributed by atoms with Gasteiger partial charge in [-0.05, 0) is 31.3 Å². The molecule has 13 heteroatoms. The highest BCUT2D eigenvalue weighted by atomic mass is 32.2. The van der Waals surface area contributed by atoms with Crippen molar-refractivity contribution in [2.45, 2.75) is 18.0 Å². The van der Waals surface area contributed by atoms with Gasteiger partial charge in [0.05, 0.1) is 22.1 Å². The number of carbonyl (C=O) groups excluding carboxylic acids is 1. The largest absolute Gasteiger partial charge is 0.363 e. The Kier molecular flexibility index (Phi) is 6.20. The highest BCUT2D eigenvalue weighted by Crippen LogP contribution is 2.33. The zero-order valence-electron chi connectivity index (χ0n) is 19.5. The van der Waals surface area contributed by atoms with Crippen LogP contribution in [-0.4, -0.2) is 71.9 Å². The maximum atomic E-state index is 13.0. The highest BCUT2D eigenvalue weighted by molar-refractivity contribution is 7.89. The molecule has 1 amide bonds. The summed E-state index contributed by atoms with van der Waals surface area (Å²) in [7, 11) is -1.72. The summed E-state index contributed by atoms with van der Waals surface area (Å²) in [6, 6.07) is 12.5. The molecule has 1 fully saturated rings. The molecule has 1 saturated heterocycles. The Hall–Kier alpha value is -3.81. The molecule has 1 aromatic heterocycles. The number of likely N-dealkylation sites (N-methyl/N-ethyl adjacent to an activating group) is 1. The molecule has 3 heterocycles. The second kappa shape index (κ2) is 9.33. The van der Waals surface area contributed by atoms with Crippen molar-refractivity contribution in [3.05, 3.63) is 75.5 Å². The first-order chi connectivity index (χ1) is 17.2. The van der Waals surface area contributed by atoms with Crippen LogP contribution in [-0.2, 0) is 23.1 Å². The summed E-state index contributed by atoms with van der Waals surface area (Å²) in [5.41, 5.74) is 1.60. The van der Waals surface area contributed by atoms with Gasteiger partial charge in [-0.15, -0.1) is 0 Å². The molecule has 2 N–H and O–H groups in total. The van der Waals surface area contributed by atoms with E-state index in [1.165, 1.54) is 22.5 Å². The number of piperazine rings is 1. The third-order valence-corrected chi connectivity index (χ3v) is 8.32. The molecule has 0 unspecified atom stereocenters. The monoisotopic (exact) mass is 511 g/mol. The maximum Gasteiger partial charge on any atom is 0.293 e. The molecule has 3 aromatic rings. The van der Waals surface area contributed by atoms with E-state index >= 15 is 0 Å². The van der Waals surface area contributed by atoms with Crippen LogP contribution in [0.3, 0.4) is 0 Å². The molecule has 12 nitrogen and oxygen atoms in total. The SMILES string of the molecule is CN1CCN(c2ccc(C(=O)Nc3n[nH]c4c3CN(S(=O)(=O)c3ccccc3)C4)cc2[N+](=O)[O-])CC1. The number of nitro benzene ring substituents is 1. The number of anilines is 2. The van der Waals surface area contributed by atoms with Gasteiger partial charge in [0.2, 0.25) is 10.0 Å². The van der Waals surface area contributed by atoms with E-state index in [2.05, 4.69) is 20.4 Å². The maximum absolute atomic E-state index is 13.0. The Morgan fingerprint density at radius 2 is 1.81 bits per heavy atom. The number of hydrogen-bond acceptors (Lipinski definition) is 8. The van der Waals surface area contributed by atoms with Crippen LogP contribution >= 0.6 is 0 Å². The Bertz CT molecular complexity index is 1420. The lowest BCUT2D eigenvalue weighted by Gasteiger charge is -2.33. The number of rotatable bonds is 6. The fourth-order valence-electron chi connectivity index (χ4n) is 4.43. The van der Waals surface area contributed by atoms with E-state index in [1.807, 2.05) is 11.9 Å². The predicted octanol–water partition coefficient (Wildman–Crippen LogP) is 2.03. The van der Waals surface area contributed by atoms with Crippen LogP contribution in [0, 0.1) is 10.1 Å². The highest BCUT2D eigenvalue weighted by Gasteiger charge is 2.34. The topological polar surface area (TPSA) is 145 Å². The van der Waals surface area contributed by atoms with Gasteiger partial charge in [-0.25, -0.2) is 8.42 Å². The molecule has 5 rings (SSSR count). The lowest BCUT2D eigenvalue weighted by Crippen LogP contribution is -2.44. The van der Waals surface area contributed by atoms with E-state index < -0.39 is 20.9 Å². The zero-order valence-corrected chi connectivity index (χ0v) is 20.4. The van der Waals surface area contributed by atoms with Gasteiger partial charge in [0.1, 0.15) is 5.69 Å². The number of nitro groups is 1. The summed E-state index contributed by atoms with van der Waals surface area (Å²) in [4.78, 5) is 28.6. The first-order valence-corrected chi connectivity index (χ1v) is 12.8. The van der Waals surface area contributed by atoms with Crippen molar-refractivity contribution < 1.29 is 18.1 Å². The van der Waals surface area contributed by atoms with E-state index in [1.54, 1.807) is 30.3 Å². The Morgan fingerprint density at radius 1 is 1.08 bits per heavy atom. The number of nitrogens with one attached hydrogen (secondary N) is 2. The predicted molar refractivity (Wildman–Crippen MR) is 132 cm³/mol. The summed E-state index contributed by atoms with van der Waals surface area (Å²) >= 11 is 0. The van der Waals surface area contributed by atoms with Crippen LogP contribution in [0.5, 0.6) is 0 Å². The van der Waals surface area contributed by atoms with Crippen molar-refractivity contribution in [3.8, 4) is 0 Å². The second-order valence-electron chi connectivity index (χ2n) is 8.82. The molecule has 2 aliphatic rings. The molecular formula is C23H25N7O5S. The summed E-state index contributed by atoms with van der Waals surface area (Å²) < 4.78 is 27.2. The summed E-state index contributed by atoms with van der Waals surface area (Å²) in [6.07, 6.45) is 0. The Morgan fingerprint density at radius 3 is 2.50 bits per heavy atom. The molecule has 0 aliphatic carbocycles. The minimum Gasteiger partial charge on any atom is -0.363 e. The average molecular weight is 512 g/mol. The Labute approximate surface area is 207 Å². The number of H-pyrrole nitrogens is 1. The number of hydrogen-bond donors (Lipinski definition) is 2. The summed E-state index contributed by atoms with van der Waals surface area (Å²) in [5.74, 6) is -0.367. The molecule has 0 saturated carbocycles. The van der Waals surface area contributed by atoms with Crippen LogP contribution in [0.2, 0.25) is 0 Å². The number of sulfonamides is 1. The van der Waals surface area contributed by atoms with Crippen molar-refractivity contribution in [1.82, 2.24) is 19.4 Å². The van der Waals surface area contributed by atoms with E-state index in [4.69, 9.17) is 0 Å². The van der Waals surface area contributed by atoms with Gasteiger partial charge in [-0.3, -0.25) is 20.0 Å². The quantitative estimate of drug-likeness (QED) is 0.378. The summed E-state index contributed by atoms with van der Waals surface area (Å²) in [6.45, 7) is 3.04. The van der Waals surface area contributed by atoms with Crippen molar-refractivity contribution in [1.29, 1.82) is 0 Å². The number of nitrogens with zero attached hydrogens (tertiary/aromatic N) is 5. The number of aromatic nitrogens is 2. The van der Waals surface area contributed by atoms with Crippen LogP contribution in [0.1, 0.15) is 21.6 Å². The third-order valence-electron chi connectivity index (χ3n) is 6.51. The molecular weight excluding hydrogens is 486 g/mol. The minimum absolute atomic E-state index is 0.0428. The van der Waals surface area contributed by atoms with Crippen molar-refractivity contribution in [2.75, 3.05) is 43.4 Å². The van der Waals surface area contributed by atoms with Gasteiger partial charge >= 0.3 is 0 Å². The van der Waals surface area contributed by atoms with Gasteiger partial charge in [0.25, 0.3) is 11.6 Å². The number of benzene rings is 2. The van der Waals surface area contributed by atoms with E-state index in [-0.39, 0.29) is 35.1 Å².